The van der Waals surface area contributed by atoms with Crippen LogP contribution in [0.25, 0.3) is 11.1 Å². The molecule has 0 aliphatic heterocycles. The molecule has 0 nitrogen and oxygen atoms in total. The van der Waals surface area contributed by atoms with Gasteiger partial charge in [0.05, 0.1) is 0 Å². The van der Waals surface area contributed by atoms with Crippen LogP contribution in [-0.4, -0.2) is 0 Å². The quantitative estimate of drug-likeness (QED) is 0.699. The topological polar surface area (TPSA) is 0 Å². The number of hydrogen-bond donors (Lipinski definition) is 0. The zero-order valence-corrected chi connectivity index (χ0v) is 11.5. The molecule has 1 aliphatic rings. The van der Waals surface area contributed by atoms with E-state index in [1.54, 1.807) is 6.07 Å². The van der Waals surface area contributed by atoms with Crippen LogP contribution < -0.4 is 0 Å². The summed E-state index contributed by atoms with van der Waals surface area (Å²) in [7, 11) is 0. The van der Waals surface area contributed by atoms with Gasteiger partial charge in [-0.25, -0.2) is 4.39 Å². The Labute approximate surface area is 114 Å². The smallest absolute Gasteiger partial charge is 0.126 e. The van der Waals surface area contributed by atoms with Gasteiger partial charge in [0.2, 0.25) is 0 Å². The van der Waals surface area contributed by atoms with Gasteiger partial charge in [0, 0.05) is 0 Å². The number of fused-ring (bicyclic) bond motifs is 1. The van der Waals surface area contributed by atoms with Crippen molar-refractivity contribution >= 4 is 0 Å². The SMILES string of the molecule is CC(C)c1ccccc1-c1ccc(F)c2c1CCC2. The first-order valence-electron chi connectivity index (χ1n) is 7.08. The van der Waals surface area contributed by atoms with E-state index in [0.29, 0.717) is 5.92 Å². The van der Waals surface area contributed by atoms with E-state index in [-0.39, 0.29) is 5.82 Å². The Bertz CT molecular complexity index is 611. The lowest BCUT2D eigenvalue weighted by atomic mass is 9.89. The lowest BCUT2D eigenvalue weighted by molar-refractivity contribution is 0.613. The third-order valence-electron chi connectivity index (χ3n) is 4.10. The van der Waals surface area contributed by atoms with E-state index >= 15 is 0 Å². The van der Waals surface area contributed by atoms with Gasteiger partial charge >= 0.3 is 0 Å². The van der Waals surface area contributed by atoms with Crippen LogP contribution in [0, 0.1) is 5.82 Å². The van der Waals surface area contributed by atoms with E-state index in [1.807, 2.05) is 6.07 Å². The third-order valence-corrected chi connectivity index (χ3v) is 4.10. The molecule has 2 aromatic carbocycles. The Kier molecular flexibility index (Phi) is 3.14. The number of benzene rings is 2. The molecule has 98 valence electrons. The summed E-state index contributed by atoms with van der Waals surface area (Å²) in [6.07, 6.45) is 2.97. The van der Waals surface area contributed by atoms with Crippen LogP contribution in [0.1, 0.15) is 42.9 Å². The van der Waals surface area contributed by atoms with Crippen molar-refractivity contribution in [3.8, 4) is 11.1 Å². The summed E-state index contributed by atoms with van der Waals surface area (Å²) >= 11 is 0. The van der Waals surface area contributed by atoms with Crippen molar-refractivity contribution in [1.82, 2.24) is 0 Å². The van der Waals surface area contributed by atoms with E-state index in [1.165, 1.54) is 22.3 Å². The Hall–Kier alpha value is -1.63. The number of hydrogen-bond acceptors (Lipinski definition) is 0. The van der Waals surface area contributed by atoms with Crippen LogP contribution in [0.2, 0.25) is 0 Å². The molecule has 0 aromatic heterocycles. The normalized spacial score (nSPS) is 13.9. The van der Waals surface area contributed by atoms with Crippen molar-refractivity contribution in [3.63, 3.8) is 0 Å². The van der Waals surface area contributed by atoms with Crippen molar-refractivity contribution in [3.05, 3.63) is 58.9 Å². The Morgan fingerprint density at radius 1 is 0.895 bits per heavy atom. The molecule has 0 bridgehead atoms. The maximum atomic E-state index is 13.8. The molecule has 0 heterocycles. The van der Waals surface area contributed by atoms with E-state index in [4.69, 9.17) is 0 Å². The summed E-state index contributed by atoms with van der Waals surface area (Å²) in [5, 5.41) is 0. The average Bonchev–Trinajstić information content (AvgIpc) is 2.89. The standard InChI is InChI=1S/C18H19F/c1-12(2)13-6-3-4-7-14(13)16-10-11-18(19)17-9-5-8-15(16)17/h3-4,6-7,10-12H,5,8-9H2,1-2H3. The van der Waals surface area contributed by atoms with Crippen molar-refractivity contribution in [1.29, 1.82) is 0 Å². The fourth-order valence-corrected chi connectivity index (χ4v) is 3.16. The second kappa shape index (κ2) is 4.80. The van der Waals surface area contributed by atoms with Gasteiger partial charge in [0.1, 0.15) is 5.82 Å². The van der Waals surface area contributed by atoms with Crippen LogP contribution in [0.3, 0.4) is 0 Å². The van der Waals surface area contributed by atoms with Gasteiger partial charge in [0.15, 0.2) is 0 Å². The zero-order chi connectivity index (χ0) is 13.4. The minimum Gasteiger partial charge on any atom is -0.207 e. The first-order valence-corrected chi connectivity index (χ1v) is 7.08. The maximum absolute atomic E-state index is 13.8. The van der Waals surface area contributed by atoms with Gasteiger partial charge in [0.25, 0.3) is 0 Å². The molecular formula is C18H19F. The van der Waals surface area contributed by atoms with Gasteiger partial charge in [-0.2, -0.15) is 0 Å². The summed E-state index contributed by atoms with van der Waals surface area (Å²) < 4.78 is 13.8. The van der Waals surface area contributed by atoms with Crippen LogP contribution in [0.5, 0.6) is 0 Å². The first-order chi connectivity index (χ1) is 9.18. The van der Waals surface area contributed by atoms with E-state index < -0.39 is 0 Å². The molecule has 19 heavy (non-hydrogen) atoms. The average molecular weight is 254 g/mol. The van der Waals surface area contributed by atoms with Crippen molar-refractivity contribution in [2.24, 2.45) is 0 Å². The second-order valence-electron chi connectivity index (χ2n) is 5.65. The van der Waals surface area contributed by atoms with Crippen LogP contribution >= 0.6 is 0 Å². The zero-order valence-electron chi connectivity index (χ0n) is 11.5. The number of halogens is 1. The van der Waals surface area contributed by atoms with E-state index in [0.717, 1.165) is 24.8 Å². The maximum Gasteiger partial charge on any atom is 0.126 e. The highest BCUT2D eigenvalue weighted by Gasteiger charge is 2.20. The molecule has 1 heteroatoms. The molecular weight excluding hydrogens is 235 g/mol. The largest absolute Gasteiger partial charge is 0.207 e. The summed E-state index contributed by atoms with van der Waals surface area (Å²) in [5.74, 6) is 0.455. The lowest BCUT2D eigenvalue weighted by Gasteiger charge is -2.16. The van der Waals surface area contributed by atoms with Gasteiger partial charge in [-0.15, -0.1) is 0 Å². The molecule has 0 fully saturated rings. The molecule has 0 amide bonds. The lowest BCUT2D eigenvalue weighted by Crippen LogP contribution is -1.97. The summed E-state index contributed by atoms with van der Waals surface area (Å²) in [6, 6.07) is 12.1. The highest BCUT2D eigenvalue weighted by Crippen LogP contribution is 2.37. The Morgan fingerprint density at radius 3 is 2.42 bits per heavy atom. The monoisotopic (exact) mass is 254 g/mol. The van der Waals surface area contributed by atoms with Crippen molar-refractivity contribution in [2.75, 3.05) is 0 Å². The molecule has 1 aliphatic carbocycles. The molecule has 0 unspecified atom stereocenters. The second-order valence-corrected chi connectivity index (χ2v) is 5.65. The fourth-order valence-electron chi connectivity index (χ4n) is 3.16. The van der Waals surface area contributed by atoms with Crippen molar-refractivity contribution < 1.29 is 4.39 Å². The predicted octanol–water partition coefficient (Wildman–Crippen LogP) is 5.10. The minimum atomic E-state index is -0.0294. The molecule has 0 radical (unpaired) electrons. The van der Waals surface area contributed by atoms with Crippen molar-refractivity contribution in [2.45, 2.75) is 39.0 Å². The first kappa shape index (κ1) is 12.4. The molecule has 0 atom stereocenters. The van der Waals surface area contributed by atoms with Gasteiger partial charge < -0.3 is 0 Å². The molecule has 2 aromatic rings. The Balaban J connectivity index is 2.21. The third kappa shape index (κ3) is 2.07. The van der Waals surface area contributed by atoms with Gasteiger partial charge in [-0.3, -0.25) is 0 Å². The van der Waals surface area contributed by atoms with Crippen LogP contribution in [-0.2, 0) is 12.8 Å². The fraction of sp³-hybridized carbons (Fsp3) is 0.333. The van der Waals surface area contributed by atoms with Gasteiger partial charge in [-0.1, -0.05) is 44.2 Å². The summed E-state index contributed by atoms with van der Waals surface area (Å²) in [4.78, 5) is 0. The minimum absolute atomic E-state index is 0.0294. The highest BCUT2D eigenvalue weighted by molar-refractivity contribution is 5.73. The van der Waals surface area contributed by atoms with Crippen LogP contribution in [0.15, 0.2) is 36.4 Å². The molecule has 3 rings (SSSR count). The highest BCUT2D eigenvalue weighted by atomic mass is 19.1. The molecule has 0 saturated carbocycles. The summed E-state index contributed by atoms with van der Waals surface area (Å²) in [6.45, 7) is 4.42. The van der Waals surface area contributed by atoms with E-state index in [2.05, 4.69) is 38.1 Å². The van der Waals surface area contributed by atoms with Gasteiger partial charge in [-0.05, 0) is 59.1 Å². The molecule has 0 spiro atoms. The number of rotatable bonds is 2. The predicted molar refractivity (Wildman–Crippen MR) is 78.0 cm³/mol. The molecule has 0 N–H and O–H groups in total. The van der Waals surface area contributed by atoms with E-state index in [9.17, 15) is 4.39 Å². The van der Waals surface area contributed by atoms with Crippen LogP contribution in [0.4, 0.5) is 4.39 Å². The Morgan fingerprint density at radius 2 is 1.63 bits per heavy atom. The summed E-state index contributed by atoms with van der Waals surface area (Å²) in [5.41, 5.74) is 6.03. The molecule has 0 saturated heterocycles.